The molecule has 1 heterocycles. The molecule has 2 aromatic carbocycles. The number of carbonyl (C=O) groups excluding carboxylic acids is 1. The van der Waals surface area contributed by atoms with Crippen LogP contribution in [0.1, 0.15) is 37.8 Å². The fourth-order valence-electron chi connectivity index (χ4n) is 3.26. The molecule has 0 saturated carbocycles. The van der Waals surface area contributed by atoms with Crippen LogP contribution in [-0.2, 0) is 26.8 Å². The topological polar surface area (TPSA) is 66.5 Å². The molecule has 0 radical (unpaired) electrons. The Bertz CT molecular complexity index is 933. The van der Waals surface area contributed by atoms with Gasteiger partial charge in [-0.25, -0.2) is 12.8 Å². The summed E-state index contributed by atoms with van der Waals surface area (Å²) in [6.07, 6.45) is 1.79. The minimum Gasteiger partial charge on any atom is -0.351 e. The van der Waals surface area contributed by atoms with Gasteiger partial charge in [-0.05, 0) is 62.1 Å². The zero-order valence-electron chi connectivity index (χ0n) is 16.1. The van der Waals surface area contributed by atoms with Gasteiger partial charge in [-0.15, -0.1) is 0 Å². The molecule has 1 aliphatic heterocycles. The number of hydrogen-bond donors (Lipinski definition) is 1. The summed E-state index contributed by atoms with van der Waals surface area (Å²) in [5.74, 6) is -0.531. The maximum Gasteiger partial charge on any atom is 0.243 e. The van der Waals surface area contributed by atoms with E-state index in [4.69, 9.17) is 0 Å². The second-order valence-electron chi connectivity index (χ2n) is 7.57. The summed E-state index contributed by atoms with van der Waals surface area (Å²) in [6.45, 7) is 4.98. The number of sulfonamides is 1. The van der Waals surface area contributed by atoms with E-state index >= 15 is 0 Å². The number of amides is 1. The second kappa shape index (κ2) is 8.01. The number of carbonyl (C=O) groups is 1. The Kier molecular flexibility index (Phi) is 5.86. The Labute approximate surface area is 165 Å². The van der Waals surface area contributed by atoms with E-state index in [0.717, 1.165) is 24.0 Å². The van der Waals surface area contributed by atoms with Crippen molar-refractivity contribution in [3.05, 3.63) is 65.5 Å². The van der Waals surface area contributed by atoms with Crippen LogP contribution in [-0.4, -0.2) is 31.7 Å². The van der Waals surface area contributed by atoms with Crippen LogP contribution >= 0.6 is 0 Å². The van der Waals surface area contributed by atoms with Gasteiger partial charge in [0.25, 0.3) is 0 Å². The lowest BCUT2D eigenvalue weighted by Gasteiger charge is -2.24. The lowest BCUT2D eigenvalue weighted by atomic mass is 9.83. The van der Waals surface area contributed by atoms with E-state index in [-0.39, 0.29) is 23.2 Å². The molecular formula is C21H25FN2O3S. The summed E-state index contributed by atoms with van der Waals surface area (Å²) in [5.41, 5.74) is 0.717. The summed E-state index contributed by atoms with van der Waals surface area (Å²) in [5, 5.41) is 2.87. The van der Waals surface area contributed by atoms with E-state index in [2.05, 4.69) is 5.32 Å². The van der Waals surface area contributed by atoms with Gasteiger partial charge in [-0.3, -0.25) is 4.79 Å². The highest BCUT2D eigenvalue weighted by atomic mass is 32.2. The molecule has 5 nitrogen and oxygen atoms in total. The van der Waals surface area contributed by atoms with Crippen molar-refractivity contribution in [3.63, 3.8) is 0 Å². The van der Waals surface area contributed by atoms with Crippen molar-refractivity contribution < 1.29 is 17.6 Å². The zero-order valence-corrected chi connectivity index (χ0v) is 16.9. The van der Waals surface area contributed by atoms with E-state index in [0.29, 0.717) is 13.1 Å². The highest BCUT2D eigenvalue weighted by Gasteiger charge is 2.30. The Morgan fingerprint density at radius 2 is 1.61 bits per heavy atom. The van der Waals surface area contributed by atoms with Crippen LogP contribution in [0, 0.1) is 5.82 Å². The molecular weight excluding hydrogens is 379 g/mol. The molecule has 1 N–H and O–H groups in total. The van der Waals surface area contributed by atoms with E-state index in [1.165, 1.54) is 16.4 Å². The molecule has 0 aromatic heterocycles. The Morgan fingerprint density at radius 3 is 2.18 bits per heavy atom. The maximum absolute atomic E-state index is 13.1. The van der Waals surface area contributed by atoms with Gasteiger partial charge in [0.2, 0.25) is 15.9 Å². The standard InChI is InChI=1S/C21H25FN2O3S/c1-21(2,17-7-9-18(22)10-8-17)20(25)23-15-16-5-11-19(12-6-16)28(26,27)24-13-3-4-14-24/h5-12H,3-4,13-15H2,1-2H3,(H,23,25). The van der Waals surface area contributed by atoms with Gasteiger partial charge in [0.15, 0.2) is 0 Å². The second-order valence-corrected chi connectivity index (χ2v) is 9.51. The normalized spacial score (nSPS) is 15.5. The van der Waals surface area contributed by atoms with Crippen LogP contribution in [0.4, 0.5) is 4.39 Å². The molecule has 150 valence electrons. The van der Waals surface area contributed by atoms with Gasteiger partial charge < -0.3 is 5.32 Å². The number of hydrogen-bond acceptors (Lipinski definition) is 3. The Morgan fingerprint density at radius 1 is 1.04 bits per heavy atom. The molecule has 3 rings (SSSR count). The Balaban J connectivity index is 1.64. The van der Waals surface area contributed by atoms with Crippen LogP contribution in [0.2, 0.25) is 0 Å². The van der Waals surface area contributed by atoms with Crippen molar-refractivity contribution in [3.8, 4) is 0 Å². The first-order chi connectivity index (χ1) is 13.2. The minimum atomic E-state index is -3.43. The summed E-state index contributed by atoms with van der Waals surface area (Å²) in [4.78, 5) is 12.9. The molecule has 0 aliphatic carbocycles. The van der Waals surface area contributed by atoms with Crippen molar-refractivity contribution in [1.29, 1.82) is 0 Å². The highest BCUT2D eigenvalue weighted by molar-refractivity contribution is 7.89. The predicted octanol–water partition coefficient (Wildman–Crippen LogP) is 3.20. The number of benzene rings is 2. The minimum absolute atomic E-state index is 0.187. The van der Waals surface area contributed by atoms with Crippen LogP contribution in [0.15, 0.2) is 53.4 Å². The fourth-order valence-corrected chi connectivity index (χ4v) is 4.77. The third kappa shape index (κ3) is 4.25. The molecule has 1 aliphatic rings. The van der Waals surface area contributed by atoms with Crippen LogP contribution in [0.5, 0.6) is 0 Å². The summed E-state index contributed by atoms with van der Waals surface area (Å²) >= 11 is 0. The molecule has 0 spiro atoms. The van der Waals surface area contributed by atoms with Gasteiger partial charge >= 0.3 is 0 Å². The third-order valence-electron chi connectivity index (χ3n) is 5.21. The molecule has 0 unspecified atom stereocenters. The molecule has 28 heavy (non-hydrogen) atoms. The predicted molar refractivity (Wildman–Crippen MR) is 106 cm³/mol. The van der Waals surface area contributed by atoms with Crippen molar-refractivity contribution in [1.82, 2.24) is 9.62 Å². The van der Waals surface area contributed by atoms with Gasteiger partial charge in [-0.2, -0.15) is 4.31 Å². The Hall–Kier alpha value is -2.25. The first-order valence-electron chi connectivity index (χ1n) is 9.35. The summed E-state index contributed by atoms with van der Waals surface area (Å²) in [6, 6.07) is 12.5. The first-order valence-corrected chi connectivity index (χ1v) is 10.8. The molecule has 2 aromatic rings. The zero-order chi connectivity index (χ0) is 20.4. The fraction of sp³-hybridized carbons (Fsp3) is 0.381. The summed E-state index contributed by atoms with van der Waals surface area (Å²) < 4.78 is 39.7. The molecule has 1 amide bonds. The van der Waals surface area contributed by atoms with Crippen molar-refractivity contribution >= 4 is 15.9 Å². The highest BCUT2D eigenvalue weighted by Crippen LogP contribution is 2.24. The third-order valence-corrected chi connectivity index (χ3v) is 7.13. The molecule has 7 heteroatoms. The van der Waals surface area contributed by atoms with Gasteiger partial charge in [-0.1, -0.05) is 24.3 Å². The molecule has 1 saturated heterocycles. The number of halogens is 1. The quantitative estimate of drug-likeness (QED) is 0.804. The number of nitrogens with one attached hydrogen (secondary N) is 1. The van der Waals surface area contributed by atoms with E-state index in [9.17, 15) is 17.6 Å². The van der Waals surface area contributed by atoms with Crippen molar-refractivity contribution in [2.75, 3.05) is 13.1 Å². The summed E-state index contributed by atoms with van der Waals surface area (Å²) in [7, 11) is -3.43. The first kappa shape index (κ1) is 20.5. The largest absolute Gasteiger partial charge is 0.351 e. The van der Waals surface area contributed by atoms with E-state index in [1.54, 1.807) is 50.2 Å². The van der Waals surface area contributed by atoms with Gasteiger partial charge in [0.1, 0.15) is 5.82 Å². The van der Waals surface area contributed by atoms with Crippen LogP contribution < -0.4 is 5.32 Å². The maximum atomic E-state index is 13.1. The SMILES string of the molecule is CC(C)(C(=O)NCc1ccc(S(=O)(=O)N2CCCC2)cc1)c1ccc(F)cc1. The van der Waals surface area contributed by atoms with Crippen LogP contribution in [0.3, 0.4) is 0 Å². The average Bonchev–Trinajstić information content (AvgIpc) is 3.22. The lowest BCUT2D eigenvalue weighted by molar-refractivity contribution is -0.125. The van der Waals surface area contributed by atoms with Crippen molar-refractivity contribution in [2.24, 2.45) is 0 Å². The van der Waals surface area contributed by atoms with Crippen molar-refractivity contribution in [2.45, 2.75) is 43.5 Å². The molecule has 0 atom stereocenters. The monoisotopic (exact) mass is 404 g/mol. The van der Waals surface area contributed by atoms with Gasteiger partial charge in [0.05, 0.1) is 10.3 Å². The average molecular weight is 405 g/mol. The number of rotatable bonds is 6. The van der Waals surface area contributed by atoms with Gasteiger partial charge in [0, 0.05) is 19.6 Å². The van der Waals surface area contributed by atoms with E-state index in [1.807, 2.05) is 0 Å². The number of nitrogens with zero attached hydrogens (tertiary/aromatic N) is 1. The van der Waals surface area contributed by atoms with E-state index < -0.39 is 15.4 Å². The van der Waals surface area contributed by atoms with Crippen LogP contribution in [0.25, 0.3) is 0 Å². The smallest absolute Gasteiger partial charge is 0.243 e. The molecule has 1 fully saturated rings. The molecule has 0 bridgehead atoms. The lowest BCUT2D eigenvalue weighted by Crippen LogP contribution is -2.39.